The van der Waals surface area contributed by atoms with Gasteiger partial charge in [-0.05, 0) is 24.7 Å². The van der Waals surface area contributed by atoms with Crippen LogP contribution in [0, 0.1) is 0 Å². The summed E-state index contributed by atoms with van der Waals surface area (Å²) in [5, 5.41) is 0. The van der Waals surface area contributed by atoms with Crippen molar-refractivity contribution in [2.75, 3.05) is 44.3 Å². The van der Waals surface area contributed by atoms with Gasteiger partial charge in [-0.25, -0.2) is 4.79 Å². The van der Waals surface area contributed by atoms with E-state index in [9.17, 15) is 4.79 Å². The molecule has 0 spiro atoms. The lowest BCUT2D eigenvalue weighted by Crippen LogP contribution is -2.44. The van der Waals surface area contributed by atoms with Crippen molar-refractivity contribution in [3.8, 4) is 0 Å². The zero-order chi connectivity index (χ0) is 14.5. The number of ether oxygens (including phenoxy) is 2. The van der Waals surface area contributed by atoms with Gasteiger partial charge in [0.15, 0.2) is 0 Å². The Morgan fingerprint density at radius 2 is 2.10 bits per heavy atom. The van der Waals surface area contributed by atoms with Crippen molar-refractivity contribution < 1.29 is 14.3 Å². The summed E-state index contributed by atoms with van der Waals surface area (Å²) in [6, 6.07) is 4.71. The second-order valence-corrected chi connectivity index (χ2v) is 4.87. The van der Waals surface area contributed by atoms with Crippen LogP contribution in [0.1, 0.15) is 17.3 Å². The predicted molar refractivity (Wildman–Crippen MR) is 77.4 cm³/mol. The molecule has 110 valence electrons. The molecule has 0 bridgehead atoms. The summed E-state index contributed by atoms with van der Waals surface area (Å²) in [5.74, 6) is -0.429. The summed E-state index contributed by atoms with van der Waals surface area (Å²) in [4.78, 5) is 14.2. The normalized spacial score (nSPS) is 19.8. The van der Waals surface area contributed by atoms with Gasteiger partial charge >= 0.3 is 5.97 Å². The fourth-order valence-electron chi connectivity index (χ4n) is 2.21. The minimum Gasteiger partial charge on any atom is -0.459 e. The summed E-state index contributed by atoms with van der Waals surface area (Å²) in [7, 11) is 0. The number of anilines is 2. The van der Waals surface area contributed by atoms with Crippen molar-refractivity contribution in [3.63, 3.8) is 0 Å². The Morgan fingerprint density at radius 3 is 2.75 bits per heavy atom. The zero-order valence-corrected chi connectivity index (χ0v) is 11.7. The smallest absolute Gasteiger partial charge is 0.338 e. The van der Waals surface area contributed by atoms with Crippen molar-refractivity contribution in [3.05, 3.63) is 23.8 Å². The molecule has 0 radical (unpaired) electrons. The Kier molecular flexibility index (Phi) is 4.81. The maximum absolute atomic E-state index is 11.9. The minimum absolute atomic E-state index is 0.0777. The standard InChI is InChI=1S/C14H21N3O3/c1-2-17-3-4-19-13(8-17)9-20-14(18)10-5-11(15)7-12(16)6-10/h5-7,13H,2-4,8-9,15-16H2,1H3. The number of carbonyl (C=O) groups is 1. The molecular weight excluding hydrogens is 258 g/mol. The molecule has 1 unspecified atom stereocenters. The van der Waals surface area contributed by atoms with E-state index in [1.165, 1.54) is 0 Å². The average molecular weight is 279 g/mol. The van der Waals surface area contributed by atoms with Gasteiger partial charge in [0.2, 0.25) is 0 Å². The highest BCUT2D eigenvalue weighted by atomic mass is 16.6. The van der Waals surface area contributed by atoms with Crippen LogP contribution in [0.15, 0.2) is 18.2 Å². The largest absolute Gasteiger partial charge is 0.459 e. The fraction of sp³-hybridized carbons (Fsp3) is 0.500. The Bertz CT molecular complexity index is 458. The molecule has 1 fully saturated rings. The maximum atomic E-state index is 11.9. The Morgan fingerprint density at radius 1 is 1.40 bits per heavy atom. The summed E-state index contributed by atoms with van der Waals surface area (Å²) in [6.45, 7) is 5.68. The van der Waals surface area contributed by atoms with Crippen LogP contribution in [0.5, 0.6) is 0 Å². The first-order valence-corrected chi connectivity index (χ1v) is 6.75. The van der Waals surface area contributed by atoms with Crippen LogP contribution in [-0.2, 0) is 9.47 Å². The molecule has 0 amide bonds. The van der Waals surface area contributed by atoms with Crippen LogP contribution < -0.4 is 11.5 Å². The number of benzene rings is 1. The van der Waals surface area contributed by atoms with Crippen LogP contribution >= 0.6 is 0 Å². The monoisotopic (exact) mass is 279 g/mol. The van der Waals surface area contributed by atoms with E-state index in [1.54, 1.807) is 18.2 Å². The van der Waals surface area contributed by atoms with Gasteiger partial charge in [0.1, 0.15) is 12.7 Å². The number of nitrogens with zero attached hydrogens (tertiary/aromatic N) is 1. The molecule has 2 rings (SSSR count). The Hall–Kier alpha value is -1.79. The zero-order valence-electron chi connectivity index (χ0n) is 11.7. The first-order chi connectivity index (χ1) is 9.58. The third-order valence-electron chi connectivity index (χ3n) is 3.28. The fourth-order valence-corrected chi connectivity index (χ4v) is 2.21. The van der Waals surface area contributed by atoms with Gasteiger partial charge < -0.3 is 20.9 Å². The van der Waals surface area contributed by atoms with Crippen molar-refractivity contribution in [2.24, 2.45) is 0 Å². The number of nitrogen functional groups attached to an aromatic ring is 2. The van der Waals surface area contributed by atoms with Gasteiger partial charge in [-0.1, -0.05) is 6.92 Å². The summed E-state index contributed by atoms with van der Waals surface area (Å²) in [5.41, 5.74) is 12.6. The molecule has 1 saturated heterocycles. The van der Waals surface area contributed by atoms with Gasteiger partial charge in [0.05, 0.1) is 12.2 Å². The second-order valence-electron chi connectivity index (χ2n) is 4.87. The number of hydrogen-bond acceptors (Lipinski definition) is 6. The first kappa shape index (κ1) is 14.6. The summed E-state index contributed by atoms with van der Waals surface area (Å²) >= 11 is 0. The highest BCUT2D eigenvalue weighted by molar-refractivity contribution is 5.91. The number of nitrogens with two attached hydrogens (primary N) is 2. The van der Waals surface area contributed by atoms with Crippen molar-refractivity contribution >= 4 is 17.3 Å². The van der Waals surface area contributed by atoms with E-state index < -0.39 is 5.97 Å². The second kappa shape index (κ2) is 6.58. The van der Waals surface area contributed by atoms with Gasteiger partial charge in [-0.2, -0.15) is 0 Å². The van der Waals surface area contributed by atoms with E-state index >= 15 is 0 Å². The van der Waals surface area contributed by atoms with E-state index in [1.807, 2.05) is 0 Å². The van der Waals surface area contributed by atoms with E-state index in [2.05, 4.69) is 11.8 Å². The van der Waals surface area contributed by atoms with Crippen LogP contribution in [0.3, 0.4) is 0 Å². The molecule has 6 nitrogen and oxygen atoms in total. The van der Waals surface area contributed by atoms with E-state index in [4.69, 9.17) is 20.9 Å². The number of esters is 1. The minimum atomic E-state index is -0.429. The summed E-state index contributed by atoms with van der Waals surface area (Å²) < 4.78 is 10.8. The van der Waals surface area contributed by atoms with Gasteiger partial charge in [-0.3, -0.25) is 4.90 Å². The van der Waals surface area contributed by atoms with Crippen LogP contribution in [0.2, 0.25) is 0 Å². The lowest BCUT2D eigenvalue weighted by atomic mass is 10.2. The first-order valence-electron chi connectivity index (χ1n) is 6.75. The molecule has 1 aromatic carbocycles. The Labute approximate surface area is 118 Å². The quantitative estimate of drug-likeness (QED) is 0.623. The van der Waals surface area contributed by atoms with Gasteiger partial charge in [0, 0.05) is 24.5 Å². The SMILES string of the molecule is CCN1CCOC(COC(=O)c2cc(N)cc(N)c2)C1. The Balaban J connectivity index is 1.88. The molecule has 0 aliphatic carbocycles. The third kappa shape index (κ3) is 3.85. The molecular formula is C14H21N3O3. The van der Waals surface area contributed by atoms with E-state index in [0.717, 1.165) is 19.6 Å². The molecule has 1 aliphatic rings. The topological polar surface area (TPSA) is 90.8 Å². The third-order valence-corrected chi connectivity index (χ3v) is 3.28. The number of carbonyl (C=O) groups excluding carboxylic acids is 1. The lowest BCUT2D eigenvalue weighted by molar-refractivity contribution is -0.0578. The number of morpholine rings is 1. The van der Waals surface area contributed by atoms with Crippen LogP contribution in [0.4, 0.5) is 11.4 Å². The van der Waals surface area contributed by atoms with E-state index in [0.29, 0.717) is 23.5 Å². The van der Waals surface area contributed by atoms with Crippen molar-refractivity contribution in [2.45, 2.75) is 13.0 Å². The maximum Gasteiger partial charge on any atom is 0.338 e. The molecule has 1 aromatic rings. The molecule has 6 heteroatoms. The van der Waals surface area contributed by atoms with Crippen LogP contribution in [0.25, 0.3) is 0 Å². The van der Waals surface area contributed by atoms with Gasteiger partial charge in [0.25, 0.3) is 0 Å². The molecule has 0 aromatic heterocycles. The molecule has 4 N–H and O–H groups in total. The predicted octanol–water partition coefficient (Wildman–Crippen LogP) is 0.728. The summed E-state index contributed by atoms with van der Waals surface area (Å²) in [6.07, 6.45) is -0.0777. The lowest BCUT2D eigenvalue weighted by Gasteiger charge is -2.31. The van der Waals surface area contributed by atoms with Crippen LogP contribution in [-0.4, -0.2) is 49.8 Å². The molecule has 20 heavy (non-hydrogen) atoms. The van der Waals surface area contributed by atoms with E-state index in [-0.39, 0.29) is 12.7 Å². The highest BCUT2D eigenvalue weighted by Gasteiger charge is 2.21. The van der Waals surface area contributed by atoms with Crippen molar-refractivity contribution in [1.29, 1.82) is 0 Å². The average Bonchev–Trinajstić information content (AvgIpc) is 2.44. The molecule has 1 heterocycles. The number of hydrogen-bond donors (Lipinski definition) is 2. The number of likely N-dealkylation sites (N-methyl/N-ethyl adjacent to an activating group) is 1. The van der Waals surface area contributed by atoms with Gasteiger partial charge in [-0.15, -0.1) is 0 Å². The van der Waals surface area contributed by atoms with Crippen molar-refractivity contribution in [1.82, 2.24) is 4.90 Å². The molecule has 1 aliphatic heterocycles. The number of rotatable bonds is 4. The highest BCUT2D eigenvalue weighted by Crippen LogP contribution is 2.15. The molecule has 1 atom stereocenters. The molecule has 0 saturated carbocycles.